The van der Waals surface area contributed by atoms with Crippen molar-refractivity contribution in [1.29, 1.82) is 0 Å². The van der Waals surface area contributed by atoms with E-state index in [1.807, 2.05) is 19.9 Å². The molecule has 0 aliphatic carbocycles. The van der Waals surface area contributed by atoms with Gasteiger partial charge in [0.15, 0.2) is 0 Å². The zero-order valence-electron chi connectivity index (χ0n) is 11.4. The van der Waals surface area contributed by atoms with Gasteiger partial charge in [-0.05, 0) is 38.8 Å². The number of carbonyl (C=O) groups is 1. The first-order valence-corrected chi connectivity index (χ1v) is 6.72. The molecule has 0 saturated heterocycles. The van der Waals surface area contributed by atoms with Gasteiger partial charge in [-0.1, -0.05) is 30.3 Å². The molecule has 2 N–H and O–H groups in total. The molecule has 1 rings (SSSR count). The van der Waals surface area contributed by atoms with E-state index in [2.05, 4.69) is 34.9 Å². The van der Waals surface area contributed by atoms with Crippen LogP contribution in [0.2, 0.25) is 0 Å². The van der Waals surface area contributed by atoms with Gasteiger partial charge < -0.3 is 10.6 Å². The molecule has 0 heterocycles. The topological polar surface area (TPSA) is 41.1 Å². The van der Waals surface area contributed by atoms with E-state index in [4.69, 9.17) is 0 Å². The van der Waals surface area contributed by atoms with Crippen LogP contribution in [0.1, 0.15) is 32.3 Å². The van der Waals surface area contributed by atoms with E-state index >= 15 is 0 Å². The van der Waals surface area contributed by atoms with E-state index in [0.29, 0.717) is 6.42 Å². The van der Waals surface area contributed by atoms with Gasteiger partial charge in [-0.25, -0.2) is 0 Å². The normalized spacial score (nSPS) is 10.6. The third kappa shape index (κ3) is 7.07. The van der Waals surface area contributed by atoms with E-state index in [1.165, 1.54) is 5.56 Å². The zero-order valence-corrected chi connectivity index (χ0v) is 11.4. The number of rotatable bonds is 8. The predicted octanol–water partition coefficient (Wildman–Crippen LogP) is 2.12. The lowest BCUT2D eigenvalue weighted by Gasteiger charge is -2.08. The van der Waals surface area contributed by atoms with Crippen molar-refractivity contribution < 1.29 is 4.79 Å². The fraction of sp³-hybridized carbons (Fsp3) is 0.533. The van der Waals surface area contributed by atoms with Gasteiger partial charge >= 0.3 is 0 Å². The summed E-state index contributed by atoms with van der Waals surface area (Å²) in [6, 6.07) is 10.7. The summed E-state index contributed by atoms with van der Waals surface area (Å²) in [5.41, 5.74) is 1.37. The molecule has 1 aromatic rings. The smallest absolute Gasteiger partial charge is 0.221 e. The molecule has 3 nitrogen and oxygen atoms in total. The number of nitrogens with one attached hydrogen (secondary N) is 2. The van der Waals surface area contributed by atoms with Crippen molar-refractivity contribution in [3.05, 3.63) is 35.9 Å². The first-order valence-electron chi connectivity index (χ1n) is 6.72. The molecule has 0 radical (unpaired) electrons. The highest BCUT2D eigenvalue weighted by Gasteiger charge is 2.01. The zero-order chi connectivity index (χ0) is 13.2. The van der Waals surface area contributed by atoms with E-state index in [9.17, 15) is 4.79 Å². The second-order valence-corrected chi connectivity index (χ2v) is 4.81. The van der Waals surface area contributed by atoms with Crippen molar-refractivity contribution in [3.63, 3.8) is 0 Å². The largest absolute Gasteiger partial charge is 0.354 e. The van der Waals surface area contributed by atoms with Crippen molar-refractivity contribution in [2.75, 3.05) is 13.1 Å². The Bertz CT molecular complexity index is 336. The molecule has 1 aromatic carbocycles. The molecule has 0 aliphatic rings. The van der Waals surface area contributed by atoms with Crippen molar-refractivity contribution in [3.8, 4) is 0 Å². The molecular weight excluding hydrogens is 224 g/mol. The number of amides is 1. The van der Waals surface area contributed by atoms with E-state index < -0.39 is 0 Å². The van der Waals surface area contributed by atoms with Gasteiger partial charge in [-0.3, -0.25) is 4.79 Å². The second kappa shape index (κ2) is 8.70. The summed E-state index contributed by atoms with van der Waals surface area (Å²) in [7, 11) is 0. The Kier molecular flexibility index (Phi) is 7.11. The lowest BCUT2D eigenvalue weighted by molar-refractivity contribution is -0.121. The van der Waals surface area contributed by atoms with E-state index in [1.54, 1.807) is 0 Å². The summed E-state index contributed by atoms with van der Waals surface area (Å²) in [6.45, 7) is 5.67. The Morgan fingerprint density at radius 1 is 1.17 bits per heavy atom. The molecule has 0 atom stereocenters. The Hall–Kier alpha value is -1.35. The minimum atomic E-state index is 0.126. The van der Waals surface area contributed by atoms with Crippen LogP contribution < -0.4 is 10.6 Å². The third-order valence-electron chi connectivity index (χ3n) is 2.64. The first-order chi connectivity index (χ1) is 8.68. The number of aryl methyl sites for hydroxylation is 1. The summed E-state index contributed by atoms with van der Waals surface area (Å²) in [5.74, 6) is 0.126. The Morgan fingerprint density at radius 3 is 2.56 bits per heavy atom. The van der Waals surface area contributed by atoms with E-state index in [-0.39, 0.29) is 11.9 Å². The molecule has 0 unspecified atom stereocenters. The third-order valence-corrected chi connectivity index (χ3v) is 2.64. The molecular formula is C15H24N2O. The van der Waals surface area contributed by atoms with Crippen LogP contribution in [0.5, 0.6) is 0 Å². The minimum absolute atomic E-state index is 0.126. The van der Waals surface area contributed by atoms with Gasteiger partial charge in [0.05, 0.1) is 0 Å². The molecule has 0 aromatic heterocycles. The minimum Gasteiger partial charge on any atom is -0.354 e. The maximum atomic E-state index is 11.4. The molecule has 0 fully saturated rings. The summed E-state index contributed by atoms with van der Waals surface area (Å²) in [6.07, 6.45) is 2.76. The number of benzene rings is 1. The Labute approximate surface area is 110 Å². The molecule has 0 saturated carbocycles. The van der Waals surface area contributed by atoms with Crippen LogP contribution in [0.3, 0.4) is 0 Å². The van der Waals surface area contributed by atoms with Gasteiger partial charge in [-0.15, -0.1) is 0 Å². The average Bonchev–Trinajstić information content (AvgIpc) is 2.34. The van der Waals surface area contributed by atoms with Gasteiger partial charge in [0, 0.05) is 19.0 Å². The lowest BCUT2D eigenvalue weighted by Crippen LogP contribution is -2.32. The molecule has 0 spiro atoms. The van der Waals surface area contributed by atoms with Crippen molar-refractivity contribution in [2.24, 2.45) is 0 Å². The molecule has 0 aliphatic heterocycles. The summed E-state index contributed by atoms with van der Waals surface area (Å²) < 4.78 is 0. The highest BCUT2D eigenvalue weighted by molar-refractivity contribution is 5.76. The summed E-state index contributed by atoms with van der Waals surface area (Å²) in [5, 5.41) is 6.18. The maximum absolute atomic E-state index is 11.4. The van der Waals surface area contributed by atoms with Crippen LogP contribution in [0.15, 0.2) is 30.3 Å². The van der Waals surface area contributed by atoms with Gasteiger partial charge in [0.1, 0.15) is 0 Å². The predicted molar refractivity (Wildman–Crippen MR) is 75.5 cm³/mol. The quantitative estimate of drug-likeness (QED) is 0.692. The highest BCUT2D eigenvalue weighted by atomic mass is 16.1. The molecule has 3 heteroatoms. The van der Waals surface area contributed by atoms with E-state index in [0.717, 1.165) is 25.9 Å². The Balaban J connectivity index is 1.98. The summed E-state index contributed by atoms with van der Waals surface area (Å²) >= 11 is 0. The van der Waals surface area contributed by atoms with Crippen molar-refractivity contribution in [2.45, 2.75) is 39.2 Å². The summed E-state index contributed by atoms with van der Waals surface area (Å²) in [4.78, 5) is 11.4. The monoisotopic (exact) mass is 248 g/mol. The molecule has 1 amide bonds. The van der Waals surface area contributed by atoms with Crippen LogP contribution in [0.25, 0.3) is 0 Å². The highest BCUT2D eigenvalue weighted by Crippen LogP contribution is 2.01. The number of hydrogen-bond acceptors (Lipinski definition) is 2. The van der Waals surface area contributed by atoms with Gasteiger partial charge in [0.2, 0.25) is 5.91 Å². The second-order valence-electron chi connectivity index (χ2n) is 4.81. The van der Waals surface area contributed by atoms with Crippen molar-refractivity contribution >= 4 is 5.91 Å². The maximum Gasteiger partial charge on any atom is 0.221 e. The fourth-order valence-electron chi connectivity index (χ4n) is 1.78. The van der Waals surface area contributed by atoms with Crippen LogP contribution in [-0.2, 0) is 11.2 Å². The number of hydrogen-bond donors (Lipinski definition) is 2. The van der Waals surface area contributed by atoms with Crippen LogP contribution in [-0.4, -0.2) is 25.0 Å². The van der Waals surface area contributed by atoms with Crippen LogP contribution in [0, 0.1) is 0 Å². The fourth-order valence-corrected chi connectivity index (χ4v) is 1.78. The van der Waals surface area contributed by atoms with Crippen molar-refractivity contribution in [1.82, 2.24) is 10.6 Å². The van der Waals surface area contributed by atoms with Crippen LogP contribution >= 0.6 is 0 Å². The van der Waals surface area contributed by atoms with Gasteiger partial charge in [-0.2, -0.15) is 0 Å². The molecule has 18 heavy (non-hydrogen) atoms. The average molecular weight is 248 g/mol. The van der Waals surface area contributed by atoms with Crippen LogP contribution in [0.4, 0.5) is 0 Å². The standard InChI is InChI=1S/C15H24N2O/c1-13(2)17-15(18)10-12-16-11-6-9-14-7-4-3-5-8-14/h3-5,7-8,13,16H,6,9-12H2,1-2H3,(H,17,18). The SMILES string of the molecule is CC(C)NC(=O)CCNCCCc1ccccc1. The first kappa shape index (κ1) is 14.7. The molecule has 100 valence electrons. The number of carbonyl (C=O) groups excluding carboxylic acids is 1. The lowest BCUT2D eigenvalue weighted by atomic mass is 10.1. The molecule has 0 bridgehead atoms. The Morgan fingerprint density at radius 2 is 1.89 bits per heavy atom. The van der Waals surface area contributed by atoms with Gasteiger partial charge in [0.25, 0.3) is 0 Å².